The first-order valence-corrected chi connectivity index (χ1v) is 7.89. The van der Waals surface area contributed by atoms with Crippen LogP contribution in [0.5, 0.6) is 5.75 Å². The Labute approximate surface area is 127 Å². The van der Waals surface area contributed by atoms with E-state index in [0.717, 1.165) is 6.42 Å². The molecule has 4 heteroatoms. The molecular formula is C17H26N2O2. The van der Waals surface area contributed by atoms with E-state index < -0.39 is 0 Å². The number of benzene rings is 1. The van der Waals surface area contributed by atoms with Gasteiger partial charge in [-0.25, -0.2) is 0 Å². The number of Topliss-reactive ketones (excluding diaryl/α,β-unsaturated/α-hetero) is 1. The lowest BCUT2D eigenvalue weighted by atomic mass is 9.93. The monoisotopic (exact) mass is 290 g/mol. The molecule has 0 amide bonds. The van der Waals surface area contributed by atoms with Gasteiger partial charge in [0.1, 0.15) is 5.75 Å². The van der Waals surface area contributed by atoms with Gasteiger partial charge >= 0.3 is 0 Å². The van der Waals surface area contributed by atoms with Crippen molar-refractivity contribution in [1.82, 2.24) is 5.32 Å². The molecule has 1 aromatic rings. The average molecular weight is 290 g/mol. The normalized spacial score (nSPS) is 17.4. The molecule has 0 aliphatic heterocycles. The Bertz CT molecular complexity index is 482. The largest absolute Gasteiger partial charge is 0.495 e. The zero-order valence-electron chi connectivity index (χ0n) is 13.0. The number of hydrogen-bond acceptors (Lipinski definition) is 4. The Morgan fingerprint density at radius 3 is 2.67 bits per heavy atom. The van der Waals surface area contributed by atoms with Gasteiger partial charge in [0.15, 0.2) is 5.78 Å². The molecule has 1 unspecified atom stereocenters. The van der Waals surface area contributed by atoms with Crippen LogP contribution in [-0.2, 0) is 0 Å². The quantitative estimate of drug-likeness (QED) is 0.624. The first-order valence-electron chi connectivity index (χ1n) is 7.89. The van der Waals surface area contributed by atoms with Crippen LogP contribution >= 0.6 is 0 Å². The minimum atomic E-state index is -0.124. The Morgan fingerprint density at radius 2 is 2.10 bits per heavy atom. The van der Waals surface area contributed by atoms with Crippen LogP contribution < -0.4 is 15.8 Å². The van der Waals surface area contributed by atoms with Crippen LogP contribution in [0.3, 0.4) is 0 Å². The topological polar surface area (TPSA) is 64.3 Å². The van der Waals surface area contributed by atoms with E-state index in [2.05, 4.69) is 5.32 Å². The second kappa shape index (κ2) is 7.46. The maximum Gasteiger partial charge on any atom is 0.179 e. The molecule has 0 heterocycles. The third-order valence-corrected chi connectivity index (χ3v) is 4.28. The molecule has 0 bridgehead atoms. The third kappa shape index (κ3) is 3.97. The van der Waals surface area contributed by atoms with Crippen molar-refractivity contribution in [2.75, 3.05) is 12.8 Å². The van der Waals surface area contributed by atoms with Gasteiger partial charge in [0.05, 0.1) is 18.8 Å². The molecule has 3 N–H and O–H groups in total. The van der Waals surface area contributed by atoms with E-state index in [4.69, 9.17) is 10.5 Å². The number of anilines is 1. The third-order valence-electron chi connectivity index (χ3n) is 4.28. The van der Waals surface area contributed by atoms with E-state index in [1.54, 1.807) is 25.3 Å². The highest BCUT2D eigenvalue weighted by atomic mass is 16.5. The number of hydrogen-bond donors (Lipinski definition) is 2. The molecule has 1 aliphatic rings. The second-order valence-electron chi connectivity index (χ2n) is 5.78. The van der Waals surface area contributed by atoms with Gasteiger partial charge in [0.2, 0.25) is 0 Å². The van der Waals surface area contributed by atoms with Gasteiger partial charge in [-0.3, -0.25) is 4.79 Å². The molecule has 1 fully saturated rings. The maximum atomic E-state index is 12.6. The van der Waals surface area contributed by atoms with Gasteiger partial charge in [-0.05, 0) is 37.5 Å². The highest BCUT2D eigenvalue weighted by molar-refractivity contribution is 6.01. The van der Waals surface area contributed by atoms with E-state index in [9.17, 15) is 4.79 Å². The van der Waals surface area contributed by atoms with Gasteiger partial charge in [0, 0.05) is 11.6 Å². The van der Waals surface area contributed by atoms with Gasteiger partial charge in [0.25, 0.3) is 0 Å². The molecule has 2 rings (SSSR count). The van der Waals surface area contributed by atoms with Gasteiger partial charge < -0.3 is 15.8 Å². The molecule has 1 saturated carbocycles. The van der Waals surface area contributed by atoms with E-state index in [-0.39, 0.29) is 11.8 Å². The predicted octanol–water partition coefficient (Wildman–Crippen LogP) is 3.16. The SMILES string of the molecule is CCC(NC1CCCCC1)C(=O)c1ccc(OC)c(N)c1. The standard InChI is InChI=1S/C17H26N2O2/c1-3-15(19-13-7-5-4-6-8-13)17(20)12-9-10-16(21-2)14(18)11-12/h9-11,13,15,19H,3-8,18H2,1-2H3. The first kappa shape index (κ1) is 15.8. The van der Waals surface area contributed by atoms with Crippen LogP contribution in [0, 0.1) is 0 Å². The van der Waals surface area contributed by atoms with Crippen molar-refractivity contribution < 1.29 is 9.53 Å². The molecule has 21 heavy (non-hydrogen) atoms. The van der Waals surface area contributed by atoms with E-state index in [1.165, 1.54) is 32.1 Å². The molecule has 0 spiro atoms. The summed E-state index contributed by atoms with van der Waals surface area (Å²) in [6.45, 7) is 2.05. The van der Waals surface area contributed by atoms with Gasteiger partial charge in [-0.1, -0.05) is 26.2 Å². The molecule has 0 radical (unpaired) electrons. The fraction of sp³-hybridized carbons (Fsp3) is 0.588. The summed E-state index contributed by atoms with van der Waals surface area (Å²) in [4.78, 5) is 12.6. The Hall–Kier alpha value is -1.55. The minimum Gasteiger partial charge on any atom is -0.495 e. The first-order chi connectivity index (χ1) is 10.2. The van der Waals surface area contributed by atoms with Crippen molar-refractivity contribution in [2.45, 2.75) is 57.5 Å². The molecule has 1 aromatic carbocycles. The molecule has 1 aliphatic carbocycles. The highest BCUT2D eigenvalue weighted by Gasteiger charge is 2.23. The smallest absolute Gasteiger partial charge is 0.179 e. The number of carbonyl (C=O) groups excluding carboxylic acids is 1. The lowest BCUT2D eigenvalue weighted by Gasteiger charge is -2.27. The van der Waals surface area contributed by atoms with Crippen LogP contribution in [0.25, 0.3) is 0 Å². The summed E-state index contributed by atoms with van der Waals surface area (Å²) in [6, 6.07) is 5.62. The number of carbonyl (C=O) groups is 1. The Balaban J connectivity index is 2.06. The van der Waals surface area contributed by atoms with Gasteiger partial charge in [-0.15, -0.1) is 0 Å². The van der Waals surface area contributed by atoms with Crippen molar-refractivity contribution in [1.29, 1.82) is 0 Å². The van der Waals surface area contributed by atoms with Crippen molar-refractivity contribution in [3.63, 3.8) is 0 Å². The van der Waals surface area contributed by atoms with Crippen molar-refractivity contribution in [3.05, 3.63) is 23.8 Å². The minimum absolute atomic E-state index is 0.123. The summed E-state index contributed by atoms with van der Waals surface area (Å²) >= 11 is 0. The van der Waals surface area contributed by atoms with Gasteiger partial charge in [-0.2, -0.15) is 0 Å². The average Bonchev–Trinajstić information content (AvgIpc) is 2.53. The van der Waals surface area contributed by atoms with Crippen LogP contribution in [0.2, 0.25) is 0 Å². The molecule has 1 atom stereocenters. The number of nitrogen functional groups attached to an aromatic ring is 1. The molecular weight excluding hydrogens is 264 g/mol. The number of nitrogens with two attached hydrogens (primary N) is 1. The maximum absolute atomic E-state index is 12.6. The number of ether oxygens (including phenoxy) is 1. The van der Waals surface area contributed by atoms with E-state index >= 15 is 0 Å². The summed E-state index contributed by atoms with van der Waals surface area (Å²) in [6.07, 6.45) is 6.98. The van der Waals surface area contributed by atoms with Crippen LogP contribution in [0.1, 0.15) is 55.8 Å². The van der Waals surface area contributed by atoms with Crippen LogP contribution in [0.15, 0.2) is 18.2 Å². The zero-order chi connectivity index (χ0) is 15.2. The molecule has 0 saturated heterocycles. The number of ketones is 1. The van der Waals surface area contributed by atoms with E-state index in [0.29, 0.717) is 23.0 Å². The highest BCUT2D eigenvalue weighted by Crippen LogP contribution is 2.24. The fourth-order valence-electron chi connectivity index (χ4n) is 3.02. The second-order valence-corrected chi connectivity index (χ2v) is 5.78. The summed E-state index contributed by atoms with van der Waals surface area (Å²) in [5, 5.41) is 3.53. The lowest BCUT2D eigenvalue weighted by Crippen LogP contribution is -2.43. The lowest BCUT2D eigenvalue weighted by molar-refractivity contribution is 0.0928. The Morgan fingerprint density at radius 1 is 1.38 bits per heavy atom. The zero-order valence-corrected chi connectivity index (χ0v) is 13.0. The number of nitrogens with one attached hydrogen (secondary N) is 1. The van der Waals surface area contributed by atoms with Crippen molar-refractivity contribution >= 4 is 11.5 Å². The summed E-state index contributed by atoms with van der Waals surface area (Å²) < 4.78 is 5.14. The van der Waals surface area contributed by atoms with Crippen LogP contribution in [-0.4, -0.2) is 25.0 Å². The molecule has 4 nitrogen and oxygen atoms in total. The number of rotatable bonds is 6. The van der Waals surface area contributed by atoms with Crippen LogP contribution in [0.4, 0.5) is 5.69 Å². The molecule has 116 valence electrons. The van der Waals surface area contributed by atoms with Crippen molar-refractivity contribution in [3.8, 4) is 5.75 Å². The predicted molar refractivity (Wildman–Crippen MR) is 85.8 cm³/mol. The van der Waals surface area contributed by atoms with Crippen molar-refractivity contribution in [2.24, 2.45) is 0 Å². The summed E-state index contributed by atoms with van der Waals surface area (Å²) in [5.41, 5.74) is 7.06. The molecule has 0 aromatic heterocycles. The summed E-state index contributed by atoms with van der Waals surface area (Å²) in [7, 11) is 1.58. The van der Waals surface area contributed by atoms with E-state index in [1.807, 2.05) is 6.92 Å². The summed E-state index contributed by atoms with van der Waals surface area (Å²) in [5.74, 6) is 0.734. The number of methoxy groups -OCH3 is 1. The fourth-order valence-corrected chi connectivity index (χ4v) is 3.02. The Kier molecular flexibility index (Phi) is 5.62.